The van der Waals surface area contributed by atoms with Gasteiger partial charge >= 0.3 is 12.2 Å². The van der Waals surface area contributed by atoms with Crippen molar-refractivity contribution in [2.24, 2.45) is 0 Å². The molecule has 1 aromatic heterocycles. The van der Waals surface area contributed by atoms with E-state index in [9.17, 15) is 27.5 Å². The normalized spacial score (nSPS) is 16.2. The third kappa shape index (κ3) is 5.80. The average Bonchev–Trinajstić information content (AvgIpc) is 3.32. The molecule has 11 heteroatoms. The molecule has 1 aliphatic heterocycles. The lowest BCUT2D eigenvalue weighted by Crippen LogP contribution is -2.42. The van der Waals surface area contributed by atoms with Crippen LogP contribution in [0.5, 0.6) is 0 Å². The average molecular weight is 509 g/mol. The number of rotatable bonds is 5. The van der Waals surface area contributed by atoms with Crippen LogP contribution in [0.1, 0.15) is 30.3 Å². The van der Waals surface area contributed by atoms with Gasteiger partial charge < -0.3 is 20.6 Å². The molecule has 186 valence electrons. The van der Waals surface area contributed by atoms with Gasteiger partial charge in [-0.3, -0.25) is 0 Å². The number of carbonyl (C=O) groups excluding carboxylic acids is 1. The first-order valence-electron chi connectivity index (χ1n) is 11.0. The second kappa shape index (κ2) is 9.92. The second-order valence-corrected chi connectivity index (χ2v) is 9.38. The molecule has 0 unspecified atom stereocenters. The van der Waals surface area contributed by atoms with E-state index in [4.69, 9.17) is 0 Å². The zero-order valence-electron chi connectivity index (χ0n) is 18.8. The molecule has 0 saturated carbocycles. The Kier molecular flexibility index (Phi) is 7.11. The minimum Gasteiger partial charge on any atom is -0.383 e. The van der Waals surface area contributed by atoms with Crippen molar-refractivity contribution in [1.29, 1.82) is 0 Å². The van der Waals surface area contributed by atoms with Gasteiger partial charge in [-0.05, 0) is 55.3 Å². The molecule has 35 heavy (non-hydrogen) atoms. The van der Waals surface area contributed by atoms with Gasteiger partial charge in [0, 0.05) is 25.0 Å². The van der Waals surface area contributed by atoms with Crippen LogP contribution in [0.3, 0.4) is 0 Å². The molecule has 2 heterocycles. The fourth-order valence-electron chi connectivity index (χ4n) is 3.88. The Balaban J connectivity index is 1.40. The minimum absolute atomic E-state index is 0.369. The van der Waals surface area contributed by atoms with Crippen LogP contribution in [-0.2, 0) is 11.8 Å². The number of hydrogen-bond donors (Lipinski definition) is 3. The van der Waals surface area contributed by atoms with Crippen molar-refractivity contribution in [2.45, 2.75) is 31.5 Å². The summed E-state index contributed by atoms with van der Waals surface area (Å²) >= 11 is 1.41. The largest absolute Gasteiger partial charge is 0.416 e. The number of aliphatic hydroxyl groups is 1. The molecule has 0 radical (unpaired) electrons. The van der Waals surface area contributed by atoms with Gasteiger partial charge in [-0.2, -0.15) is 13.2 Å². The number of nitrogens with zero attached hydrogens (tertiary/aromatic N) is 2. The lowest BCUT2D eigenvalue weighted by molar-refractivity contribution is -0.137. The first kappa shape index (κ1) is 25.1. The smallest absolute Gasteiger partial charge is 0.383 e. The number of likely N-dealkylation sites (tertiary alicyclic amines) is 1. The Labute approximate surface area is 203 Å². The maximum atomic E-state index is 13.9. The van der Waals surface area contributed by atoms with E-state index in [1.54, 1.807) is 30.5 Å². The highest BCUT2D eigenvalue weighted by molar-refractivity contribution is 7.15. The molecule has 4 rings (SSSR count). The van der Waals surface area contributed by atoms with Crippen LogP contribution in [0.4, 0.5) is 33.7 Å². The van der Waals surface area contributed by atoms with E-state index < -0.39 is 34.9 Å². The van der Waals surface area contributed by atoms with Gasteiger partial charge in [0.2, 0.25) is 0 Å². The number of halogens is 4. The molecule has 6 nitrogen and oxygen atoms in total. The summed E-state index contributed by atoms with van der Waals surface area (Å²) in [6.07, 6.45) is -1.71. The molecule has 1 saturated heterocycles. The van der Waals surface area contributed by atoms with E-state index in [0.29, 0.717) is 41.7 Å². The molecule has 3 aromatic rings. The summed E-state index contributed by atoms with van der Waals surface area (Å²) < 4.78 is 52.4. The molecule has 3 N–H and O–H groups in total. The second-order valence-electron chi connectivity index (χ2n) is 8.34. The summed E-state index contributed by atoms with van der Waals surface area (Å²) in [7, 11) is 0. The molecule has 0 atom stereocenters. The van der Waals surface area contributed by atoms with Crippen LogP contribution < -0.4 is 10.6 Å². The SMILES string of the molecule is CCN1CCC(O)(c2ncc(-c3ccc(NC(=O)Nc4cc(C(F)(F)F)ccc4F)cc3)s2)CC1. The molecular weight excluding hydrogens is 484 g/mol. The van der Waals surface area contributed by atoms with E-state index in [2.05, 4.69) is 27.4 Å². The monoisotopic (exact) mass is 508 g/mol. The maximum absolute atomic E-state index is 13.9. The summed E-state index contributed by atoms with van der Waals surface area (Å²) in [5.41, 5.74) is -1.38. The number of piperidine rings is 1. The fourth-order valence-corrected chi connectivity index (χ4v) is 4.94. The number of alkyl halides is 3. The van der Waals surface area contributed by atoms with Crippen molar-refractivity contribution in [3.63, 3.8) is 0 Å². The Morgan fingerprint density at radius 3 is 2.46 bits per heavy atom. The van der Waals surface area contributed by atoms with Crippen LogP contribution in [-0.4, -0.2) is 40.7 Å². The molecule has 2 amide bonds. The highest BCUT2D eigenvalue weighted by Crippen LogP contribution is 2.38. The van der Waals surface area contributed by atoms with Crippen molar-refractivity contribution < 1.29 is 27.5 Å². The fraction of sp³-hybridized carbons (Fsp3) is 0.333. The van der Waals surface area contributed by atoms with E-state index in [1.807, 2.05) is 0 Å². The van der Waals surface area contributed by atoms with E-state index in [0.717, 1.165) is 30.1 Å². The maximum Gasteiger partial charge on any atom is 0.416 e. The summed E-state index contributed by atoms with van der Waals surface area (Å²) in [5.74, 6) is -0.980. The summed E-state index contributed by atoms with van der Waals surface area (Å²) in [6.45, 7) is 4.67. The number of benzene rings is 2. The van der Waals surface area contributed by atoms with Gasteiger partial charge in [-0.1, -0.05) is 19.1 Å². The van der Waals surface area contributed by atoms with Gasteiger partial charge in [-0.15, -0.1) is 11.3 Å². The van der Waals surface area contributed by atoms with E-state index in [1.165, 1.54) is 11.3 Å². The van der Waals surface area contributed by atoms with E-state index in [-0.39, 0.29) is 0 Å². The van der Waals surface area contributed by atoms with Gasteiger partial charge in [0.15, 0.2) is 0 Å². The number of anilines is 2. The quantitative estimate of drug-likeness (QED) is 0.374. The third-order valence-corrected chi connectivity index (χ3v) is 7.24. The number of urea groups is 1. The number of thiazole rings is 1. The Bertz CT molecular complexity index is 1190. The van der Waals surface area contributed by atoms with Crippen LogP contribution >= 0.6 is 11.3 Å². The topological polar surface area (TPSA) is 77.5 Å². The number of aromatic nitrogens is 1. The standard InChI is InChI=1S/C24H24F4N4O2S/c1-2-32-11-9-23(34,10-12-32)21-29-14-20(35-21)15-3-6-17(7-4-15)30-22(33)31-19-13-16(24(26,27)28)5-8-18(19)25/h3-8,13-14,34H,2,9-12H2,1H3,(H2,30,31,33). The zero-order valence-corrected chi connectivity index (χ0v) is 19.6. The predicted octanol–water partition coefficient (Wildman–Crippen LogP) is 5.92. The Hall–Kier alpha value is -3.02. The van der Waals surface area contributed by atoms with Crippen molar-refractivity contribution in [2.75, 3.05) is 30.3 Å². The highest BCUT2D eigenvalue weighted by atomic mass is 32.1. The van der Waals surface area contributed by atoms with Crippen molar-refractivity contribution in [3.05, 3.63) is 65.0 Å². The lowest BCUT2D eigenvalue weighted by atomic mass is 9.92. The minimum atomic E-state index is -4.66. The Morgan fingerprint density at radius 1 is 1.14 bits per heavy atom. The van der Waals surface area contributed by atoms with Gasteiger partial charge in [-0.25, -0.2) is 14.2 Å². The predicted molar refractivity (Wildman–Crippen MR) is 127 cm³/mol. The van der Waals surface area contributed by atoms with Crippen LogP contribution in [0.15, 0.2) is 48.7 Å². The third-order valence-electron chi connectivity index (χ3n) is 6.00. The van der Waals surface area contributed by atoms with Crippen molar-refractivity contribution in [3.8, 4) is 10.4 Å². The summed E-state index contributed by atoms with van der Waals surface area (Å²) in [4.78, 5) is 19.8. The lowest BCUT2D eigenvalue weighted by Gasteiger charge is -2.36. The molecule has 1 aliphatic rings. The molecule has 2 aromatic carbocycles. The van der Waals surface area contributed by atoms with Crippen LogP contribution in [0, 0.1) is 5.82 Å². The van der Waals surface area contributed by atoms with Crippen LogP contribution in [0.2, 0.25) is 0 Å². The first-order chi connectivity index (χ1) is 16.6. The summed E-state index contributed by atoms with van der Waals surface area (Å²) in [5, 5.41) is 16.3. The zero-order chi connectivity index (χ0) is 25.2. The van der Waals surface area contributed by atoms with Gasteiger partial charge in [0.05, 0.1) is 16.1 Å². The number of nitrogens with one attached hydrogen (secondary N) is 2. The molecule has 0 bridgehead atoms. The van der Waals surface area contributed by atoms with Gasteiger partial charge in [0.1, 0.15) is 16.4 Å². The van der Waals surface area contributed by atoms with Crippen molar-refractivity contribution >= 4 is 28.7 Å². The van der Waals surface area contributed by atoms with E-state index >= 15 is 0 Å². The number of hydrogen-bond acceptors (Lipinski definition) is 5. The van der Waals surface area contributed by atoms with Crippen LogP contribution in [0.25, 0.3) is 10.4 Å². The molecule has 0 aliphatic carbocycles. The Morgan fingerprint density at radius 2 is 1.83 bits per heavy atom. The first-order valence-corrected chi connectivity index (χ1v) is 11.9. The number of carbonyl (C=O) groups is 1. The molecule has 0 spiro atoms. The highest BCUT2D eigenvalue weighted by Gasteiger charge is 2.36. The van der Waals surface area contributed by atoms with Crippen molar-refractivity contribution in [1.82, 2.24) is 9.88 Å². The number of amides is 2. The molecule has 1 fully saturated rings. The van der Waals surface area contributed by atoms with Gasteiger partial charge in [0.25, 0.3) is 0 Å². The summed E-state index contributed by atoms with van der Waals surface area (Å²) in [6, 6.07) is 7.66. The molecular formula is C24H24F4N4O2S.